The third-order valence-electron chi connectivity index (χ3n) is 4.10. The summed E-state index contributed by atoms with van der Waals surface area (Å²) in [5, 5.41) is 8.04. The Balaban J connectivity index is 1.85. The van der Waals surface area contributed by atoms with Gasteiger partial charge >= 0.3 is 0 Å². The van der Waals surface area contributed by atoms with Crippen molar-refractivity contribution in [3.05, 3.63) is 12.2 Å². The Hall–Kier alpha value is -0.900. The maximum Gasteiger partial charge on any atom is 0.164 e. The summed E-state index contributed by atoms with van der Waals surface area (Å²) >= 11 is 0. The fourth-order valence-corrected chi connectivity index (χ4v) is 2.91. The molecule has 1 aromatic heterocycles. The molecule has 4 nitrogen and oxygen atoms in total. The van der Waals surface area contributed by atoms with Crippen molar-refractivity contribution in [2.45, 2.75) is 65.5 Å². The molecular weight excluding hydrogens is 236 g/mol. The lowest BCUT2D eigenvalue weighted by Gasteiger charge is -2.28. The van der Waals surface area contributed by atoms with Gasteiger partial charge in [0.2, 0.25) is 0 Å². The van der Waals surface area contributed by atoms with Crippen LogP contribution in [0.15, 0.2) is 6.33 Å². The number of rotatable bonds is 6. The van der Waals surface area contributed by atoms with Crippen LogP contribution in [0.2, 0.25) is 0 Å². The standard InChI is InChI=1S/C15H28N4/c1-4-13-6-5-7-14(8-13)19-11-17-15(18-19)10-16-9-12(2)3/h11-14,16H,4-10H2,1-3H3. The molecule has 1 aliphatic carbocycles. The highest BCUT2D eigenvalue weighted by Crippen LogP contribution is 2.33. The van der Waals surface area contributed by atoms with Gasteiger partial charge in [-0.15, -0.1) is 0 Å². The van der Waals surface area contributed by atoms with E-state index >= 15 is 0 Å². The Morgan fingerprint density at radius 1 is 1.42 bits per heavy atom. The lowest BCUT2D eigenvalue weighted by Crippen LogP contribution is -2.21. The van der Waals surface area contributed by atoms with Crippen molar-refractivity contribution in [2.24, 2.45) is 11.8 Å². The molecule has 0 saturated heterocycles. The van der Waals surface area contributed by atoms with E-state index in [9.17, 15) is 0 Å². The number of hydrogen-bond donors (Lipinski definition) is 1. The number of nitrogens with one attached hydrogen (secondary N) is 1. The van der Waals surface area contributed by atoms with Crippen molar-refractivity contribution in [3.8, 4) is 0 Å². The third kappa shape index (κ3) is 4.30. The second-order valence-corrected chi connectivity index (χ2v) is 6.26. The van der Waals surface area contributed by atoms with E-state index in [1.54, 1.807) is 0 Å². The molecule has 1 aliphatic rings. The molecule has 2 rings (SSSR count). The van der Waals surface area contributed by atoms with Crippen LogP contribution in [0.4, 0.5) is 0 Å². The minimum absolute atomic E-state index is 0.574. The highest BCUT2D eigenvalue weighted by atomic mass is 15.3. The van der Waals surface area contributed by atoms with Gasteiger partial charge in [-0.05, 0) is 31.2 Å². The van der Waals surface area contributed by atoms with E-state index in [-0.39, 0.29) is 0 Å². The van der Waals surface area contributed by atoms with E-state index < -0.39 is 0 Å². The van der Waals surface area contributed by atoms with Gasteiger partial charge in [0.1, 0.15) is 6.33 Å². The van der Waals surface area contributed by atoms with Gasteiger partial charge in [0.25, 0.3) is 0 Å². The predicted molar refractivity (Wildman–Crippen MR) is 77.9 cm³/mol. The van der Waals surface area contributed by atoms with Gasteiger partial charge in [-0.2, -0.15) is 5.10 Å². The molecule has 2 atom stereocenters. The van der Waals surface area contributed by atoms with Crippen LogP contribution in [0.25, 0.3) is 0 Å². The van der Waals surface area contributed by atoms with E-state index in [0.717, 1.165) is 24.8 Å². The average molecular weight is 264 g/mol. The maximum absolute atomic E-state index is 4.64. The van der Waals surface area contributed by atoms with Crippen molar-refractivity contribution in [1.29, 1.82) is 0 Å². The lowest BCUT2D eigenvalue weighted by molar-refractivity contribution is 0.246. The highest BCUT2D eigenvalue weighted by molar-refractivity contribution is 4.85. The van der Waals surface area contributed by atoms with E-state index in [4.69, 9.17) is 0 Å². The first-order valence-corrected chi connectivity index (χ1v) is 7.79. The fraction of sp³-hybridized carbons (Fsp3) is 0.867. The summed E-state index contributed by atoms with van der Waals surface area (Å²) in [7, 11) is 0. The van der Waals surface area contributed by atoms with Gasteiger partial charge in [0.15, 0.2) is 5.82 Å². The zero-order valence-corrected chi connectivity index (χ0v) is 12.6. The van der Waals surface area contributed by atoms with Gasteiger partial charge in [0.05, 0.1) is 12.6 Å². The van der Waals surface area contributed by atoms with Gasteiger partial charge in [0, 0.05) is 0 Å². The van der Waals surface area contributed by atoms with Crippen LogP contribution < -0.4 is 5.32 Å². The van der Waals surface area contributed by atoms with Crippen molar-refractivity contribution < 1.29 is 0 Å². The predicted octanol–water partition coefficient (Wildman–Crippen LogP) is 3.17. The summed E-state index contributed by atoms with van der Waals surface area (Å²) < 4.78 is 2.11. The van der Waals surface area contributed by atoms with E-state index in [1.807, 2.05) is 6.33 Å². The van der Waals surface area contributed by atoms with Crippen LogP contribution in [0, 0.1) is 11.8 Å². The van der Waals surface area contributed by atoms with E-state index in [0.29, 0.717) is 12.0 Å². The maximum atomic E-state index is 4.64. The second-order valence-electron chi connectivity index (χ2n) is 6.26. The molecule has 1 heterocycles. The molecule has 4 heteroatoms. The van der Waals surface area contributed by atoms with Crippen LogP contribution in [-0.2, 0) is 6.54 Å². The first kappa shape index (κ1) is 14.5. The Kier molecular flexibility index (Phi) is 5.37. The normalized spacial score (nSPS) is 24.0. The summed E-state index contributed by atoms with van der Waals surface area (Å²) in [5.41, 5.74) is 0. The SMILES string of the molecule is CCC1CCCC(n2cnc(CNCC(C)C)n2)C1. The van der Waals surface area contributed by atoms with E-state index in [1.165, 1.54) is 32.1 Å². The van der Waals surface area contributed by atoms with Crippen LogP contribution in [-0.4, -0.2) is 21.3 Å². The largest absolute Gasteiger partial charge is 0.310 e. The summed E-state index contributed by atoms with van der Waals surface area (Å²) in [4.78, 5) is 4.43. The molecule has 1 saturated carbocycles. The average Bonchev–Trinajstić information content (AvgIpc) is 2.87. The highest BCUT2D eigenvalue weighted by Gasteiger charge is 2.22. The minimum atomic E-state index is 0.574. The number of aromatic nitrogens is 3. The minimum Gasteiger partial charge on any atom is -0.310 e. The van der Waals surface area contributed by atoms with Crippen LogP contribution in [0.1, 0.15) is 64.7 Å². The Labute approximate surface area is 117 Å². The monoisotopic (exact) mass is 264 g/mol. The second kappa shape index (κ2) is 7.04. The molecule has 0 amide bonds. The molecule has 0 radical (unpaired) electrons. The zero-order valence-electron chi connectivity index (χ0n) is 12.6. The molecule has 0 aromatic carbocycles. The molecule has 0 aliphatic heterocycles. The summed E-state index contributed by atoms with van der Waals surface area (Å²) in [6, 6.07) is 0.574. The van der Waals surface area contributed by atoms with Crippen molar-refractivity contribution in [1.82, 2.24) is 20.1 Å². The molecular formula is C15H28N4. The van der Waals surface area contributed by atoms with Crippen molar-refractivity contribution in [2.75, 3.05) is 6.54 Å². The molecule has 0 spiro atoms. The Bertz CT molecular complexity index is 372. The zero-order chi connectivity index (χ0) is 13.7. The molecule has 19 heavy (non-hydrogen) atoms. The van der Waals surface area contributed by atoms with E-state index in [2.05, 4.69) is 40.9 Å². The number of nitrogens with zero attached hydrogens (tertiary/aromatic N) is 3. The quantitative estimate of drug-likeness (QED) is 0.858. The third-order valence-corrected chi connectivity index (χ3v) is 4.10. The van der Waals surface area contributed by atoms with Crippen LogP contribution >= 0.6 is 0 Å². The summed E-state index contributed by atoms with van der Waals surface area (Å²) in [5.74, 6) is 2.48. The molecule has 108 valence electrons. The summed E-state index contributed by atoms with van der Waals surface area (Å²) in [6.45, 7) is 8.54. The molecule has 1 aromatic rings. The van der Waals surface area contributed by atoms with Gasteiger partial charge in [-0.3, -0.25) is 0 Å². The van der Waals surface area contributed by atoms with Crippen LogP contribution in [0.5, 0.6) is 0 Å². The molecule has 1 N–H and O–H groups in total. The molecule has 2 unspecified atom stereocenters. The molecule has 1 fully saturated rings. The van der Waals surface area contributed by atoms with Crippen LogP contribution in [0.3, 0.4) is 0 Å². The number of hydrogen-bond acceptors (Lipinski definition) is 3. The summed E-state index contributed by atoms with van der Waals surface area (Å²) in [6.07, 6.45) is 8.50. The van der Waals surface area contributed by atoms with Gasteiger partial charge in [-0.25, -0.2) is 9.67 Å². The lowest BCUT2D eigenvalue weighted by atomic mass is 9.84. The smallest absolute Gasteiger partial charge is 0.164 e. The molecule has 0 bridgehead atoms. The van der Waals surface area contributed by atoms with Crippen molar-refractivity contribution in [3.63, 3.8) is 0 Å². The Morgan fingerprint density at radius 3 is 3.00 bits per heavy atom. The topological polar surface area (TPSA) is 42.7 Å². The first-order chi connectivity index (χ1) is 9.19. The Morgan fingerprint density at radius 2 is 2.26 bits per heavy atom. The van der Waals surface area contributed by atoms with Crippen molar-refractivity contribution >= 4 is 0 Å². The van der Waals surface area contributed by atoms with Gasteiger partial charge < -0.3 is 5.32 Å². The first-order valence-electron chi connectivity index (χ1n) is 7.79. The fourth-order valence-electron chi connectivity index (χ4n) is 2.91. The van der Waals surface area contributed by atoms with Gasteiger partial charge in [-0.1, -0.05) is 40.0 Å².